The Morgan fingerprint density at radius 1 is 0.938 bits per heavy atom. The summed E-state index contributed by atoms with van der Waals surface area (Å²) in [5, 5.41) is 0. The van der Waals surface area contributed by atoms with Crippen LogP contribution in [0.3, 0.4) is 0 Å². The summed E-state index contributed by atoms with van der Waals surface area (Å²) in [7, 11) is 0. The topological polar surface area (TPSA) is 57.2 Å². The second kappa shape index (κ2) is 8.78. The monoisotopic (exact) mass is 435 g/mol. The highest BCUT2D eigenvalue weighted by Gasteiger charge is 2.35. The van der Waals surface area contributed by atoms with Crippen LogP contribution in [-0.2, 0) is 0 Å². The summed E-state index contributed by atoms with van der Waals surface area (Å²) in [6, 6.07) is 20.8. The molecule has 1 amide bonds. The largest absolute Gasteiger partial charge is 0.488 e. The van der Waals surface area contributed by atoms with Gasteiger partial charge in [0.25, 0.3) is 0 Å². The van der Waals surface area contributed by atoms with Gasteiger partial charge in [0, 0.05) is 18.5 Å². The maximum Gasteiger partial charge on any atom is 0.415 e. The second-order valence-electron chi connectivity index (χ2n) is 7.75. The summed E-state index contributed by atoms with van der Waals surface area (Å²) < 4.78 is 36.1. The van der Waals surface area contributed by atoms with E-state index in [0.29, 0.717) is 42.5 Å². The number of nitrogens with zero attached hydrogens (tertiary/aromatic N) is 1. The van der Waals surface area contributed by atoms with Crippen LogP contribution in [0, 0.1) is 5.82 Å². The lowest BCUT2D eigenvalue weighted by Crippen LogP contribution is -2.49. The Bertz CT molecular complexity index is 1090. The van der Waals surface area contributed by atoms with Crippen molar-refractivity contribution in [2.24, 2.45) is 0 Å². The number of halogens is 1. The van der Waals surface area contributed by atoms with E-state index < -0.39 is 6.09 Å². The summed E-state index contributed by atoms with van der Waals surface area (Å²) in [6.07, 6.45) is -0.115. The van der Waals surface area contributed by atoms with Crippen molar-refractivity contribution in [2.75, 3.05) is 19.9 Å². The van der Waals surface area contributed by atoms with Gasteiger partial charge in [0.15, 0.2) is 11.5 Å². The van der Waals surface area contributed by atoms with E-state index in [1.807, 2.05) is 24.3 Å². The van der Waals surface area contributed by atoms with E-state index in [-0.39, 0.29) is 24.6 Å². The zero-order valence-electron chi connectivity index (χ0n) is 17.3. The number of benzene rings is 3. The van der Waals surface area contributed by atoms with Crippen LogP contribution in [-0.4, -0.2) is 37.0 Å². The minimum absolute atomic E-state index is 0.0122. The van der Waals surface area contributed by atoms with Crippen LogP contribution in [0.15, 0.2) is 72.8 Å². The molecule has 0 unspecified atom stereocenters. The maximum absolute atomic E-state index is 13.5. The average Bonchev–Trinajstić information content (AvgIpc) is 3.28. The van der Waals surface area contributed by atoms with E-state index in [4.69, 9.17) is 18.9 Å². The highest BCUT2D eigenvalue weighted by atomic mass is 19.1. The van der Waals surface area contributed by atoms with Crippen molar-refractivity contribution in [3.8, 4) is 23.0 Å². The van der Waals surface area contributed by atoms with Crippen LogP contribution in [0.4, 0.5) is 9.18 Å². The molecule has 0 N–H and O–H groups in total. The van der Waals surface area contributed by atoms with E-state index in [0.717, 1.165) is 5.56 Å². The number of carbonyl (C=O) groups is 1. The molecule has 2 atom stereocenters. The van der Waals surface area contributed by atoms with Crippen LogP contribution >= 0.6 is 0 Å². The standard InChI is InChI=1S/C25H22FNO5/c26-18-8-6-17(7-9-18)21-12-13-27(25(28)32-19-4-2-1-3-5-19)15-24(21)31-20-10-11-22-23(14-20)30-16-29-22/h1-11,14,21,24H,12-13,15-16H2/t21-,24+/m1/s1. The molecule has 6 nitrogen and oxygen atoms in total. The smallest absolute Gasteiger partial charge is 0.415 e. The van der Waals surface area contributed by atoms with Crippen molar-refractivity contribution in [1.29, 1.82) is 0 Å². The third-order valence-electron chi connectivity index (χ3n) is 5.70. The molecule has 0 radical (unpaired) electrons. The first-order valence-electron chi connectivity index (χ1n) is 10.5. The van der Waals surface area contributed by atoms with Crippen LogP contribution in [0.25, 0.3) is 0 Å². The Morgan fingerprint density at radius 2 is 1.72 bits per heavy atom. The van der Waals surface area contributed by atoms with Gasteiger partial charge in [0.2, 0.25) is 6.79 Å². The summed E-state index contributed by atoms with van der Waals surface area (Å²) in [5.74, 6) is 2.10. The number of rotatable bonds is 4. The predicted octanol–water partition coefficient (Wildman–Crippen LogP) is 4.99. The van der Waals surface area contributed by atoms with Crippen molar-refractivity contribution in [2.45, 2.75) is 18.4 Å². The summed E-state index contributed by atoms with van der Waals surface area (Å²) in [6.45, 7) is 1.02. The first-order chi connectivity index (χ1) is 15.7. The SMILES string of the molecule is O=C(Oc1ccccc1)N1CC[C@H](c2ccc(F)cc2)[C@@H](Oc2ccc3c(c2)OCO3)C1. The molecule has 0 spiro atoms. The number of hydrogen-bond donors (Lipinski definition) is 0. The second-order valence-corrected chi connectivity index (χ2v) is 7.75. The first-order valence-corrected chi connectivity index (χ1v) is 10.5. The van der Waals surface area contributed by atoms with Gasteiger partial charge in [0.05, 0.1) is 6.54 Å². The molecule has 7 heteroatoms. The number of likely N-dealkylation sites (tertiary alicyclic amines) is 1. The third kappa shape index (κ3) is 4.32. The molecule has 5 rings (SSSR count). The summed E-state index contributed by atoms with van der Waals surface area (Å²) in [4.78, 5) is 14.4. The van der Waals surface area contributed by atoms with Crippen molar-refractivity contribution in [3.63, 3.8) is 0 Å². The molecule has 1 fully saturated rings. The Hall–Kier alpha value is -3.74. The molecule has 164 valence electrons. The lowest BCUT2D eigenvalue weighted by atomic mass is 9.87. The van der Waals surface area contributed by atoms with Gasteiger partial charge < -0.3 is 23.8 Å². The minimum Gasteiger partial charge on any atom is -0.488 e. The van der Waals surface area contributed by atoms with E-state index in [1.54, 1.807) is 41.3 Å². The lowest BCUT2D eigenvalue weighted by molar-refractivity contribution is 0.0677. The fraction of sp³-hybridized carbons (Fsp3) is 0.240. The quantitative estimate of drug-likeness (QED) is 0.578. The lowest BCUT2D eigenvalue weighted by Gasteiger charge is -2.38. The number of hydrogen-bond acceptors (Lipinski definition) is 5. The number of carbonyl (C=O) groups excluding carboxylic acids is 1. The van der Waals surface area contributed by atoms with Crippen LogP contribution in [0.2, 0.25) is 0 Å². The molecule has 0 bridgehead atoms. The van der Waals surface area contributed by atoms with Gasteiger partial charge in [-0.25, -0.2) is 9.18 Å². The van der Waals surface area contributed by atoms with E-state index >= 15 is 0 Å². The predicted molar refractivity (Wildman–Crippen MR) is 115 cm³/mol. The van der Waals surface area contributed by atoms with Crippen LogP contribution in [0.5, 0.6) is 23.0 Å². The van der Waals surface area contributed by atoms with Crippen molar-refractivity contribution < 1.29 is 28.1 Å². The molecule has 2 aliphatic rings. The fourth-order valence-electron chi connectivity index (χ4n) is 4.07. The van der Waals surface area contributed by atoms with Gasteiger partial charge in [-0.2, -0.15) is 0 Å². The molecular weight excluding hydrogens is 413 g/mol. The Morgan fingerprint density at radius 3 is 2.53 bits per heavy atom. The van der Waals surface area contributed by atoms with Gasteiger partial charge in [-0.05, 0) is 48.4 Å². The van der Waals surface area contributed by atoms with Gasteiger partial charge >= 0.3 is 6.09 Å². The fourth-order valence-corrected chi connectivity index (χ4v) is 4.07. The molecular formula is C25H22FNO5. The normalized spacial score (nSPS) is 19.5. The van der Waals surface area contributed by atoms with E-state index in [2.05, 4.69) is 0 Å². The number of piperidine rings is 1. The molecule has 2 aliphatic heterocycles. The van der Waals surface area contributed by atoms with Crippen LogP contribution < -0.4 is 18.9 Å². The van der Waals surface area contributed by atoms with Gasteiger partial charge in [-0.15, -0.1) is 0 Å². The number of fused-ring (bicyclic) bond motifs is 1. The summed E-state index contributed by atoms with van der Waals surface area (Å²) in [5.41, 5.74) is 0.966. The first kappa shape index (κ1) is 20.2. The molecule has 2 heterocycles. The van der Waals surface area contributed by atoms with Crippen LogP contribution in [0.1, 0.15) is 17.9 Å². The Kier molecular flexibility index (Phi) is 5.54. The molecule has 0 aromatic heterocycles. The molecule has 3 aromatic rings. The molecule has 32 heavy (non-hydrogen) atoms. The Balaban J connectivity index is 1.36. The molecule has 0 aliphatic carbocycles. The zero-order chi connectivity index (χ0) is 21.9. The number of ether oxygens (including phenoxy) is 4. The number of para-hydroxylation sites is 1. The van der Waals surface area contributed by atoms with Crippen molar-refractivity contribution in [1.82, 2.24) is 4.90 Å². The summed E-state index contributed by atoms with van der Waals surface area (Å²) >= 11 is 0. The van der Waals surface area contributed by atoms with Crippen molar-refractivity contribution >= 4 is 6.09 Å². The number of amides is 1. The maximum atomic E-state index is 13.5. The minimum atomic E-state index is -0.423. The van der Waals surface area contributed by atoms with Gasteiger partial charge in [-0.3, -0.25) is 0 Å². The average molecular weight is 435 g/mol. The van der Waals surface area contributed by atoms with E-state index in [1.165, 1.54) is 12.1 Å². The van der Waals surface area contributed by atoms with Gasteiger partial charge in [0.1, 0.15) is 23.4 Å². The molecule has 1 saturated heterocycles. The highest BCUT2D eigenvalue weighted by Crippen LogP contribution is 2.37. The molecule has 0 saturated carbocycles. The Labute approximate surface area is 185 Å². The third-order valence-corrected chi connectivity index (χ3v) is 5.70. The highest BCUT2D eigenvalue weighted by molar-refractivity contribution is 5.71. The van der Waals surface area contributed by atoms with Crippen molar-refractivity contribution in [3.05, 3.63) is 84.2 Å². The van der Waals surface area contributed by atoms with Gasteiger partial charge in [-0.1, -0.05) is 30.3 Å². The van der Waals surface area contributed by atoms with E-state index in [9.17, 15) is 9.18 Å². The zero-order valence-corrected chi connectivity index (χ0v) is 17.3. The molecule has 3 aromatic carbocycles.